The summed E-state index contributed by atoms with van der Waals surface area (Å²) in [4.78, 5) is 4.67. The quantitative estimate of drug-likeness (QED) is 0.217. The van der Waals surface area contributed by atoms with Gasteiger partial charge in [0.05, 0.1) is 0 Å². The fourth-order valence-electron chi connectivity index (χ4n) is 2.35. The van der Waals surface area contributed by atoms with Gasteiger partial charge in [0.1, 0.15) is 0 Å². The molecule has 6 nitrogen and oxygen atoms in total. The maximum atomic E-state index is 10.5. The van der Waals surface area contributed by atoms with Gasteiger partial charge in [0, 0.05) is 13.2 Å². The summed E-state index contributed by atoms with van der Waals surface area (Å²) < 4.78 is 38.3. The molecule has 26 heavy (non-hydrogen) atoms. The number of rotatable bonds is 13. The van der Waals surface area contributed by atoms with Crippen molar-refractivity contribution in [2.24, 2.45) is 0 Å². The van der Waals surface area contributed by atoms with Gasteiger partial charge in [-0.15, -0.1) is 0 Å². The van der Waals surface area contributed by atoms with Crippen LogP contribution in [0.1, 0.15) is 71.3 Å². The third-order valence-corrected chi connectivity index (χ3v) is 3.88. The molecule has 0 fully saturated rings. The summed E-state index contributed by atoms with van der Waals surface area (Å²) in [7, 11) is -4.60. The van der Waals surface area contributed by atoms with E-state index in [1.807, 2.05) is 26.0 Å². The Morgan fingerprint density at radius 1 is 0.885 bits per heavy atom. The van der Waals surface area contributed by atoms with Gasteiger partial charge in [0.15, 0.2) is 5.75 Å². The summed E-state index contributed by atoms with van der Waals surface area (Å²) >= 11 is 0. The lowest BCUT2D eigenvalue weighted by atomic mass is 10.0. The Hall–Kier alpha value is -1.15. The Bertz CT molecular complexity index is 543. The molecule has 7 heteroatoms. The van der Waals surface area contributed by atoms with E-state index < -0.39 is 10.4 Å². The van der Waals surface area contributed by atoms with Gasteiger partial charge in [-0.3, -0.25) is 4.55 Å². The number of ether oxygens (including phenoxy) is 1. The van der Waals surface area contributed by atoms with Crippen molar-refractivity contribution in [1.82, 2.24) is 0 Å². The van der Waals surface area contributed by atoms with E-state index in [9.17, 15) is 8.42 Å². The second-order valence-corrected chi connectivity index (χ2v) is 6.83. The number of hydrogen-bond donors (Lipinski definition) is 1. The van der Waals surface area contributed by atoms with Crippen LogP contribution in [0.25, 0.3) is 0 Å². The van der Waals surface area contributed by atoms with Gasteiger partial charge in [0.25, 0.3) is 0 Å². The third kappa shape index (κ3) is 15.1. The molecule has 0 saturated heterocycles. The van der Waals surface area contributed by atoms with E-state index in [0.717, 1.165) is 38.0 Å². The molecular formula is C19H34O6S. The number of unbranched alkanes of at least 4 members (excludes halogenated alkanes) is 6. The van der Waals surface area contributed by atoms with Crippen LogP contribution in [0, 0.1) is 0 Å². The Labute approximate surface area is 158 Å². The first kappa shape index (κ1) is 24.8. The number of hydrogen-bond acceptors (Lipinski definition) is 5. The molecule has 0 amide bonds. The van der Waals surface area contributed by atoms with Crippen molar-refractivity contribution in [2.45, 2.75) is 72.1 Å². The summed E-state index contributed by atoms with van der Waals surface area (Å²) in [5.74, 6) is 0.320. The zero-order valence-electron chi connectivity index (χ0n) is 16.3. The van der Waals surface area contributed by atoms with Gasteiger partial charge >= 0.3 is 10.4 Å². The minimum absolute atomic E-state index is 0.320. The summed E-state index contributed by atoms with van der Waals surface area (Å²) in [6.07, 6.45) is 9.25. The zero-order chi connectivity index (χ0) is 19.7. The molecule has 0 atom stereocenters. The van der Waals surface area contributed by atoms with Crippen LogP contribution in [-0.4, -0.2) is 26.2 Å². The minimum atomic E-state index is -4.60. The average Bonchev–Trinajstić information content (AvgIpc) is 2.60. The third-order valence-electron chi connectivity index (χ3n) is 3.64. The van der Waals surface area contributed by atoms with Crippen LogP contribution in [0.2, 0.25) is 0 Å². The Morgan fingerprint density at radius 2 is 1.46 bits per heavy atom. The first-order valence-electron chi connectivity index (χ1n) is 9.43. The Kier molecular flexibility index (Phi) is 15.3. The van der Waals surface area contributed by atoms with Crippen molar-refractivity contribution in [3.63, 3.8) is 0 Å². The molecule has 152 valence electrons. The van der Waals surface area contributed by atoms with Crippen molar-refractivity contribution in [1.29, 1.82) is 0 Å². The highest BCUT2D eigenvalue weighted by atomic mass is 32.3. The molecule has 0 heterocycles. The van der Waals surface area contributed by atoms with E-state index in [2.05, 4.69) is 16.1 Å². The lowest BCUT2D eigenvalue weighted by Gasteiger charge is -2.08. The summed E-state index contributed by atoms with van der Waals surface area (Å²) in [5.41, 5.74) is 0.870. The summed E-state index contributed by atoms with van der Waals surface area (Å²) in [6.45, 7) is 7.87. The molecule has 0 aromatic heterocycles. The van der Waals surface area contributed by atoms with Crippen molar-refractivity contribution < 1.29 is 26.9 Å². The summed E-state index contributed by atoms with van der Waals surface area (Å²) in [5, 5.41) is 0. The first-order chi connectivity index (χ1) is 12.4. The molecule has 0 radical (unpaired) electrons. The van der Waals surface area contributed by atoms with E-state index >= 15 is 0 Å². The molecule has 0 spiro atoms. The van der Waals surface area contributed by atoms with Crippen LogP contribution >= 0.6 is 0 Å². The second kappa shape index (κ2) is 16.1. The average molecular weight is 391 g/mol. The van der Waals surface area contributed by atoms with Gasteiger partial charge < -0.3 is 9.62 Å². The van der Waals surface area contributed by atoms with E-state index in [0.29, 0.717) is 5.75 Å². The van der Waals surface area contributed by atoms with Crippen molar-refractivity contribution in [3.05, 3.63) is 29.8 Å². The van der Waals surface area contributed by atoms with Crippen LogP contribution in [0.4, 0.5) is 0 Å². The predicted molar refractivity (Wildman–Crippen MR) is 104 cm³/mol. The Balaban J connectivity index is 0.00000110. The topological polar surface area (TPSA) is 82.1 Å². The van der Waals surface area contributed by atoms with Crippen molar-refractivity contribution >= 4 is 10.4 Å². The second-order valence-electron chi connectivity index (χ2n) is 5.84. The number of aryl methyl sites for hydroxylation is 1. The maximum absolute atomic E-state index is 10.5. The SMILES string of the molecule is CCCCCCCCCc1ccccc1OOS(=O)(=O)O.CCOCC. The summed E-state index contributed by atoms with van der Waals surface area (Å²) in [6, 6.07) is 7.05. The molecule has 1 N–H and O–H groups in total. The molecule has 0 unspecified atom stereocenters. The fourth-order valence-corrected chi connectivity index (χ4v) is 2.51. The van der Waals surface area contributed by atoms with Gasteiger partial charge in [-0.2, -0.15) is 8.42 Å². The fraction of sp³-hybridized carbons (Fsp3) is 0.684. The van der Waals surface area contributed by atoms with Gasteiger partial charge in [-0.1, -0.05) is 63.6 Å². The minimum Gasteiger partial charge on any atom is -0.382 e. The molecule has 0 aliphatic heterocycles. The highest BCUT2D eigenvalue weighted by Crippen LogP contribution is 2.21. The molecule has 1 aromatic carbocycles. The predicted octanol–water partition coefficient (Wildman–Crippen LogP) is 5.14. The number of para-hydroxylation sites is 1. The lowest BCUT2D eigenvalue weighted by molar-refractivity contribution is -0.103. The van der Waals surface area contributed by atoms with Gasteiger partial charge in [-0.25, -0.2) is 0 Å². The molecule has 1 rings (SSSR count). The van der Waals surface area contributed by atoms with E-state index in [1.165, 1.54) is 32.1 Å². The van der Waals surface area contributed by atoms with Crippen LogP contribution in [0.15, 0.2) is 24.3 Å². The smallest absolute Gasteiger partial charge is 0.382 e. The Morgan fingerprint density at radius 3 is 2.00 bits per heavy atom. The molecule has 0 bridgehead atoms. The van der Waals surface area contributed by atoms with E-state index in [4.69, 9.17) is 9.29 Å². The first-order valence-corrected chi connectivity index (χ1v) is 10.8. The van der Waals surface area contributed by atoms with Crippen LogP contribution in [0.3, 0.4) is 0 Å². The monoisotopic (exact) mass is 390 g/mol. The van der Waals surface area contributed by atoms with Crippen LogP contribution in [0.5, 0.6) is 5.75 Å². The van der Waals surface area contributed by atoms with Crippen molar-refractivity contribution in [3.8, 4) is 5.75 Å². The lowest BCUT2D eigenvalue weighted by Crippen LogP contribution is -2.08. The maximum Gasteiger partial charge on any atom is 0.432 e. The van der Waals surface area contributed by atoms with E-state index in [-0.39, 0.29) is 0 Å². The van der Waals surface area contributed by atoms with Crippen LogP contribution < -0.4 is 4.89 Å². The number of benzene rings is 1. The highest BCUT2D eigenvalue weighted by Gasteiger charge is 2.10. The molecule has 1 aromatic rings. The highest BCUT2D eigenvalue weighted by molar-refractivity contribution is 7.80. The molecule has 0 saturated carbocycles. The molecular weight excluding hydrogens is 356 g/mol. The standard InChI is InChI=1S/C15H24O5S.C4H10O/c1-2-3-4-5-6-7-8-11-14-12-9-10-13-15(14)19-20-21(16,17)18;1-3-5-4-2/h9-10,12-13H,2-8,11H2,1H3,(H,16,17,18);3-4H2,1-2H3. The largest absolute Gasteiger partial charge is 0.432 e. The van der Waals surface area contributed by atoms with Crippen LogP contribution in [-0.2, 0) is 25.9 Å². The molecule has 0 aliphatic rings. The van der Waals surface area contributed by atoms with E-state index in [1.54, 1.807) is 12.1 Å². The van der Waals surface area contributed by atoms with Gasteiger partial charge in [0.2, 0.25) is 0 Å². The normalized spacial score (nSPS) is 10.9. The zero-order valence-corrected chi connectivity index (χ0v) is 17.1. The van der Waals surface area contributed by atoms with Crippen molar-refractivity contribution in [2.75, 3.05) is 13.2 Å². The molecule has 0 aliphatic carbocycles. The van der Waals surface area contributed by atoms with Gasteiger partial charge in [-0.05, 0) is 42.7 Å².